The van der Waals surface area contributed by atoms with Gasteiger partial charge in [0.1, 0.15) is 18.5 Å². The van der Waals surface area contributed by atoms with Gasteiger partial charge in [0.25, 0.3) is 0 Å². The first-order valence-electron chi connectivity index (χ1n) is 14.5. The number of nitrogens with one attached hydrogen (secondary N) is 2. The number of rotatable bonds is 16. The molecule has 1 aliphatic heterocycles. The maximum Gasteiger partial charge on any atom is 0.417 e. The quantitative estimate of drug-likeness (QED) is 0.189. The second-order valence-electron chi connectivity index (χ2n) is 11.3. The molecule has 13 heteroatoms. The average Bonchev–Trinajstić information content (AvgIpc) is 2.98. The van der Waals surface area contributed by atoms with E-state index in [0.29, 0.717) is 12.7 Å². The zero-order valence-electron chi connectivity index (χ0n) is 24.8. The molecule has 43 heavy (non-hydrogen) atoms. The predicted octanol–water partition coefficient (Wildman–Crippen LogP) is 4.40. The molecular weight excluding hydrogens is 570 g/mol. The molecule has 0 unspecified atom stereocenters. The molecule has 2 atom stereocenters. The number of nitrogens with zero attached hydrogens (tertiary/aromatic N) is 3. The topological polar surface area (TPSA) is 117 Å². The highest BCUT2D eigenvalue weighted by Crippen LogP contribution is 2.32. The molecule has 2 aromatic rings. The Labute approximate surface area is 249 Å². The molecule has 0 spiro atoms. The third-order valence-corrected chi connectivity index (χ3v) is 7.77. The number of carbonyl (C=O) groups is 2. The molecule has 0 radical (unpaired) electrons. The number of aryl methyl sites for hydroxylation is 2. The van der Waals surface area contributed by atoms with Crippen LogP contribution in [-0.2, 0) is 38.8 Å². The minimum atomic E-state index is -4.64. The smallest absolute Gasteiger partial charge is 0.417 e. The number of aromatic nitrogens is 2. The Morgan fingerprint density at radius 2 is 1.91 bits per heavy atom. The van der Waals surface area contributed by atoms with Crippen molar-refractivity contribution >= 4 is 17.7 Å². The lowest BCUT2D eigenvalue weighted by Gasteiger charge is -2.29. The van der Waals surface area contributed by atoms with Crippen molar-refractivity contribution in [2.45, 2.75) is 76.1 Å². The number of anilines is 1. The van der Waals surface area contributed by atoms with Crippen LogP contribution < -0.4 is 10.6 Å². The van der Waals surface area contributed by atoms with Gasteiger partial charge in [0, 0.05) is 44.8 Å². The summed E-state index contributed by atoms with van der Waals surface area (Å²) in [6, 6.07) is 3.66. The van der Waals surface area contributed by atoms with E-state index in [1.54, 1.807) is 0 Å². The number of carbonyl (C=O) groups excluding carboxylic acids is 1. The van der Waals surface area contributed by atoms with Crippen molar-refractivity contribution < 1.29 is 37.0 Å². The van der Waals surface area contributed by atoms with Crippen LogP contribution in [0.3, 0.4) is 0 Å². The Morgan fingerprint density at radius 1 is 1.16 bits per heavy atom. The van der Waals surface area contributed by atoms with Gasteiger partial charge in [0.15, 0.2) is 0 Å². The third kappa shape index (κ3) is 9.85. The van der Waals surface area contributed by atoms with Crippen molar-refractivity contribution in [2.24, 2.45) is 0 Å². The summed E-state index contributed by atoms with van der Waals surface area (Å²) in [7, 11) is 1.41. The number of ether oxygens (including phenoxy) is 1. The highest BCUT2D eigenvalue weighted by molar-refractivity contribution is 5.90. The van der Waals surface area contributed by atoms with Crippen LogP contribution in [0, 0.1) is 0 Å². The van der Waals surface area contributed by atoms with Gasteiger partial charge < -0.3 is 25.4 Å². The molecule has 0 fully saturated rings. The SMILES string of the molecule is CO[C@H](CF)CN(CCCCc1ccc2c(n1)NCCC2)CC[C@H](NC(=O)C(C)(C)c1cncc(C(F)(F)F)c1)C(=O)O. The molecule has 9 nitrogen and oxygen atoms in total. The number of carboxylic acid groups (broad SMARTS) is 1. The molecule has 0 aliphatic carbocycles. The van der Waals surface area contributed by atoms with E-state index >= 15 is 0 Å². The molecule has 0 bridgehead atoms. The number of unbranched alkanes of at least 4 members (excludes halogenated alkanes) is 1. The number of methoxy groups -OCH3 is 1. The van der Waals surface area contributed by atoms with Crippen molar-refractivity contribution in [3.05, 3.63) is 53.0 Å². The summed E-state index contributed by atoms with van der Waals surface area (Å²) in [5.74, 6) is -1.10. The minimum Gasteiger partial charge on any atom is -0.480 e. The summed E-state index contributed by atoms with van der Waals surface area (Å²) >= 11 is 0. The average molecular weight is 612 g/mol. The zero-order valence-corrected chi connectivity index (χ0v) is 24.8. The van der Waals surface area contributed by atoms with E-state index in [4.69, 9.17) is 9.72 Å². The molecule has 238 valence electrons. The van der Waals surface area contributed by atoms with Crippen molar-refractivity contribution in [3.63, 3.8) is 0 Å². The lowest BCUT2D eigenvalue weighted by molar-refractivity contribution is -0.143. The number of pyridine rings is 2. The van der Waals surface area contributed by atoms with Crippen LogP contribution in [0.25, 0.3) is 0 Å². The van der Waals surface area contributed by atoms with E-state index in [2.05, 4.69) is 21.7 Å². The third-order valence-electron chi connectivity index (χ3n) is 7.77. The van der Waals surface area contributed by atoms with Crippen LogP contribution >= 0.6 is 0 Å². The first kappa shape index (κ1) is 34.2. The molecule has 2 aromatic heterocycles. The molecule has 0 saturated heterocycles. The van der Waals surface area contributed by atoms with Gasteiger partial charge in [0.05, 0.1) is 17.1 Å². The Hall–Kier alpha value is -3.32. The van der Waals surface area contributed by atoms with Gasteiger partial charge in [-0.05, 0) is 82.2 Å². The van der Waals surface area contributed by atoms with E-state index in [1.165, 1.54) is 26.5 Å². The number of hydrogen-bond acceptors (Lipinski definition) is 7. The van der Waals surface area contributed by atoms with E-state index < -0.39 is 47.9 Å². The zero-order chi connectivity index (χ0) is 31.6. The summed E-state index contributed by atoms with van der Waals surface area (Å²) in [6.45, 7) is 4.01. The van der Waals surface area contributed by atoms with Crippen LogP contribution in [0.15, 0.2) is 30.6 Å². The molecule has 1 aliphatic rings. The highest BCUT2D eigenvalue weighted by Gasteiger charge is 2.37. The number of aliphatic carboxylic acids is 1. The number of hydrogen-bond donors (Lipinski definition) is 3. The van der Waals surface area contributed by atoms with Gasteiger partial charge in [-0.25, -0.2) is 14.2 Å². The van der Waals surface area contributed by atoms with E-state index in [-0.39, 0.29) is 25.1 Å². The second kappa shape index (κ2) is 15.4. The van der Waals surface area contributed by atoms with Crippen LogP contribution in [-0.4, -0.2) is 84.0 Å². The van der Waals surface area contributed by atoms with Gasteiger partial charge >= 0.3 is 12.1 Å². The monoisotopic (exact) mass is 611 g/mol. The van der Waals surface area contributed by atoms with Crippen LogP contribution in [0.4, 0.5) is 23.4 Å². The fourth-order valence-corrected chi connectivity index (χ4v) is 4.89. The second-order valence-corrected chi connectivity index (χ2v) is 11.3. The van der Waals surface area contributed by atoms with E-state index in [0.717, 1.165) is 62.4 Å². The largest absolute Gasteiger partial charge is 0.480 e. The van der Waals surface area contributed by atoms with Crippen molar-refractivity contribution in [1.29, 1.82) is 0 Å². The Morgan fingerprint density at radius 3 is 2.58 bits per heavy atom. The van der Waals surface area contributed by atoms with Gasteiger partial charge in [-0.2, -0.15) is 13.2 Å². The number of carboxylic acids is 1. The summed E-state index contributed by atoms with van der Waals surface area (Å²) in [5, 5.41) is 15.6. The van der Waals surface area contributed by atoms with Gasteiger partial charge in [-0.1, -0.05) is 6.07 Å². The highest BCUT2D eigenvalue weighted by atomic mass is 19.4. The molecule has 1 amide bonds. The number of fused-ring (bicyclic) bond motifs is 1. The fourth-order valence-electron chi connectivity index (χ4n) is 4.89. The van der Waals surface area contributed by atoms with Crippen molar-refractivity contribution in [1.82, 2.24) is 20.2 Å². The summed E-state index contributed by atoms with van der Waals surface area (Å²) < 4.78 is 58.2. The Balaban J connectivity index is 1.60. The molecule has 3 heterocycles. The maximum atomic E-state index is 13.5. The van der Waals surface area contributed by atoms with Crippen LogP contribution in [0.2, 0.25) is 0 Å². The summed E-state index contributed by atoms with van der Waals surface area (Å²) in [4.78, 5) is 35.4. The first-order valence-corrected chi connectivity index (χ1v) is 14.5. The van der Waals surface area contributed by atoms with Crippen LogP contribution in [0.1, 0.15) is 61.9 Å². The lowest BCUT2D eigenvalue weighted by Crippen LogP contribution is -2.49. The molecule has 0 saturated carbocycles. The molecule has 3 N–H and O–H groups in total. The normalized spacial score (nSPS) is 15.0. The number of alkyl halides is 4. The standard InChI is InChI=1S/C30H41F4N5O4/c1-29(2,21-15-22(18-35-17-21)30(32,33)34)28(42)38-25(27(40)41)11-14-39(19-24(16-31)43-3)13-5-4-8-23-10-9-20-7-6-12-36-26(20)37-23/h9-10,15,17-18,24-25H,4-8,11-14,16,19H2,1-3H3,(H,36,37)(H,38,42)(H,40,41)/t24-,25+/m1/s1. The van der Waals surface area contributed by atoms with E-state index in [1.807, 2.05) is 11.0 Å². The Bertz CT molecular complexity index is 1220. The predicted molar refractivity (Wildman–Crippen MR) is 154 cm³/mol. The van der Waals surface area contributed by atoms with Gasteiger partial charge in [-0.3, -0.25) is 9.78 Å². The van der Waals surface area contributed by atoms with Crippen molar-refractivity contribution in [3.8, 4) is 0 Å². The van der Waals surface area contributed by atoms with E-state index in [9.17, 15) is 32.3 Å². The van der Waals surface area contributed by atoms with Crippen LogP contribution in [0.5, 0.6) is 0 Å². The van der Waals surface area contributed by atoms with Crippen molar-refractivity contribution in [2.75, 3.05) is 45.3 Å². The molecular formula is C30H41F4N5O4. The van der Waals surface area contributed by atoms with Gasteiger partial charge in [-0.15, -0.1) is 0 Å². The number of amides is 1. The lowest BCUT2D eigenvalue weighted by atomic mass is 9.83. The fraction of sp³-hybridized carbons (Fsp3) is 0.600. The maximum absolute atomic E-state index is 13.5. The summed E-state index contributed by atoms with van der Waals surface area (Å²) in [5.41, 5.74) is -0.299. The molecule has 0 aromatic carbocycles. The Kier molecular flexibility index (Phi) is 12.3. The summed E-state index contributed by atoms with van der Waals surface area (Å²) in [6.07, 6.45) is 0.894. The van der Waals surface area contributed by atoms with Gasteiger partial charge in [0.2, 0.25) is 5.91 Å². The first-order chi connectivity index (χ1) is 20.3. The minimum absolute atomic E-state index is 0.000621. The molecule has 3 rings (SSSR count). The number of halogens is 4.